The van der Waals surface area contributed by atoms with E-state index >= 15 is 0 Å². The monoisotopic (exact) mass is 325 g/mol. The molecule has 0 aliphatic carbocycles. The number of amides is 2. The fourth-order valence-corrected chi connectivity index (χ4v) is 2.94. The number of hydrogen-bond acceptors (Lipinski definition) is 3. The number of rotatable bonds is 3. The summed E-state index contributed by atoms with van der Waals surface area (Å²) < 4.78 is 0. The lowest BCUT2D eigenvalue weighted by Gasteiger charge is -2.30. The van der Waals surface area contributed by atoms with E-state index in [2.05, 4.69) is 5.32 Å². The molecular weight excluding hydrogens is 306 g/mol. The standard InChI is InChI=1S/C15H20ClN3O3/c1-18(2)13-11(16)4-3-5-12(13)17-15(22)19-8-6-10(7-9-19)14(20)21/h3-5,10H,6-9H2,1-2H3,(H,17,22)(H,20,21). The molecule has 0 spiro atoms. The van der Waals surface area contributed by atoms with Gasteiger partial charge in [0.05, 0.1) is 22.3 Å². The third kappa shape index (κ3) is 3.62. The molecule has 0 bridgehead atoms. The van der Waals surface area contributed by atoms with Gasteiger partial charge < -0.3 is 20.2 Å². The van der Waals surface area contributed by atoms with Crippen LogP contribution in [0.5, 0.6) is 0 Å². The van der Waals surface area contributed by atoms with Gasteiger partial charge in [0.25, 0.3) is 0 Å². The van der Waals surface area contributed by atoms with Crippen molar-refractivity contribution < 1.29 is 14.7 Å². The van der Waals surface area contributed by atoms with Gasteiger partial charge in [-0.1, -0.05) is 17.7 Å². The molecule has 7 heteroatoms. The summed E-state index contributed by atoms with van der Waals surface area (Å²) in [6, 6.07) is 5.12. The summed E-state index contributed by atoms with van der Waals surface area (Å²) in [6.45, 7) is 0.890. The Bertz CT molecular complexity index is 569. The molecule has 0 atom stereocenters. The number of carboxylic acids is 1. The number of para-hydroxylation sites is 1. The molecule has 1 aliphatic rings. The van der Waals surface area contributed by atoms with Crippen molar-refractivity contribution in [1.29, 1.82) is 0 Å². The minimum atomic E-state index is -0.787. The third-order valence-corrected chi connectivity index (χ3v) is 4.11. The number of likely N-dealkylation sites (tertiary alicyclic amines) is 1. The van der Waals surface area contributed by atoms with Gasteiger partial charge in [-0.15, -0.1) is 0 Å². The van der Waals surface area contributed by atoms with E-state index in [1.165, 1.54) is 0 Å². The molecule has 0 saturated carbocycles. The summed E-state index contributed by atoms with van der Waals surface area (Å²) in [5.41, 5.74) is 1.39. The van der Waals surface area contributed by atoms with Crippen LogP contribution < -0.4 is 10.2 Å². The number of piperidine rings is 1. The summed E-state index contributed by atoms with van der Waals surface area (Å²) in [5, 5.41) is 12.4. The van der Waals surface area contributed by atoms with E-state index in [9.17, 15) is 9.59 Å². The number of halogens is 1. The molecule has 0 unspecified atom stereocenters. The highest BCUT2D eigenvalue weighted by molar-refractivity contribution is 6.34. The Morgan fingerprint density at radius 2 is 1.95 bits per heavy atom. The molecule has 0 aromatic heterocycles. The second-order valence-electron chi connectivity index (χ2n) is 5.56. The van der Waals surface area contributed by atoms with Gasteiger partial charge in [-0.25, -0.2) is 4.79 Å². The highest BCUT2D eigenvalue weighted by Gasteiger charge is 2.27. The van der Waals surface area contributed by atoms with Crippen LogP contribution in [-0.2, 0) is 4.79 Å². The highest BCUT2D eigenvalue weighted by Crippen LogP contribution is 2.32. The van der Waals surface area contributed by atoms with Crippen LogP contribution in [0.1, 0.15) is 12.8 Å². The third-order valence-electron chi connectivity index (χ3n) is 3.81. The molecule has 2 amide bonds. The first-order chi connectivity index (χ1) is 10.4. The zero-order valence-electron chi connectivity index (χ0n) is 12.7. The largest absolute Gasteiger partial charge is 0.481 e. The smallest absolute Gasteiger partial charge is 0.321 e. The lowest BCUT2D eigenvalue weighted by molar-refractivity contribution is -0.143. The van der Waals surface area contributed by atoms with E-state index in [1.54, 1.807) is 23.1 Å². The summed E-state index contributed by atoms with van der Waals surface area (Å²) in [4.78, 5) is 26.8. The maximum Gasteiger partial charge on any atom is 0.321 e. The number of benzene rings is 1. The maximum absolute atomic E-state index is 12.3. The Morgan fingerprint density at radius 1 is 1.32 bits per heavy atom. The van der Waals surface area contributed by atoms with Gasteiger partial charge in [-0.05, 0) is 25.0 Å². The summed E-state index contributed by atoms with van der Waals surface area (Å²) in [6.07, 6.45) is 0.970. The van der Waals surface area contributed by atoms with E-state index in [0.717, 1.165) is 5.69 Å². The summed E-state index contributed by atoms with van der Waals surface area (Å²) >= 11 is 6.18. The molecule has 1 aromatic rings. The lowest BCUT2D eigenvalue weighted by atomic mass is 9.97. The van der Waals surface area contributed by atoms with Gasteiger partial charge in [0, 0.05) is 27.2 Å². The van der Waals surface area contributed by atoms with E-state index in [0.29, 0.717) is 36.6 Å². The molecule has 1 aromatic carbocycles. The van der Waals surface area contributed by atoms with Gasteiger partial charge in [0.1, 0.15) is 0 Å². The van der Waals surface area contributed by atoms with Crippen molar-refractivity contribution in [2.24, 2.45) is 5.92 Å². The number of aliphatic carboxylic acids is 1. The van der Waals surface area contributed by atoms with Crippen molar-refractivity contribution in [3.05, 3.63) is 23.2 Å². The molecule has 1 saturated heterocycles. The number of nitrogens with zero attached hydrogens (tertiary/aromatic N) is 2. The number of carboxylic acid groups (broad SMARTS) is 1. The van der Waals surface area contributed by atoms with E-state index in [4.69, 9.17) is 16.7 Å². The van der Waals surface area contributed by atoms with Gasteiger partial charge in [0.2, 0.25) is 0 Å². The van der Waals surface area contributed by atoms with Crippen molar-refractivity contribution in [3.63, 3.8) is 0 Å². The molecular formula is C15H20ClN3O3. The second kappa shape index (κ2) is 6.87. The zero-order valence-corrected chi connectivity index (χ0v) is 13.4. The number of nitrogens with one attached hydrogen (secondary N) is 1. The first kappa shape index (κ1) is 16.4. The van der Waals surface area contributed by atoms with Crippen molar-refractivity contribution >= 4 is 35.0 Å². The first-order valence-electron chi connectivity index (χ1n) is 7.14. The SMILES string of the molecule is CN(C)c1c(Cl)cccc1NC(=O)N1CCC(C(=O)O)CC1. The fourth-order valence-electron chi connectivity index (χ4n) is 2.59. The average molecular weight is 326 g/mol. The normalized spacial score (nSPS) is 15.5. The first-order valence-corrected chi connectivity index (χ1v) is 7.52. The Morgan fingerprint density at radius 3 is 2.50 bits per heavy atom. The maximum atomic E-state index is 12.3. The molecule has 1 heterocycles. The quantitative estimate of drug-likeness (QED) is 0.896. The molecule has 0 radical (unpaired) electrons. The van der Waals surface area contributed by atoms with Crippen LogP contribution in [0, 0.1) is 5.92 Å². The van der Waals surface area contributed by atoms with Gasteiger partial charge in [-0.3, -0.25) is 4.79 Å². The van der Waals surface area contributed by atoms with Crippen molar-refractivity contribution in [2.75, 3.05) is 37.4 Å². The van der Waals surface area contributed by atoms with Gasteiger partial charge >= 0.3 is 12.0 Å². The minimum Gasteiger partial charge on any atom is -0.481 e. The highest BCUT2D eigenvalue weighted by atomic mass is 35.5. The number of carbonyl (C=O) groups is 2. The topological polar surface area (TPSA) is 72.9 Å². The van der Waals surface area contributed by atoms with Gasteiger partial charge in [-0.2, -0.15) is 0 Å². The Kier molecular flexibility index (Phi) is 5.13. The Balaban J connectivity index is 2.04. The van der Waals surface area contributed by atoms with Crippen LogP contribution in [-0.4, -0.2) is 49.2 Å². The fraction of sp³-hybridized carbons (Fsp3) is 0.467. The van der Waals surface area contributed by atoms with Crippen LogP contribution >= 0.6 is 11.6 Å². The predicted molar refractivity (Wildman–Crippen MR) is 86.7 cm³/mol. The Hall–Kier alpha value is -1.95. The molecule has 2 rings (SSSR count). The summed E-state index contributed by atoms with van der Waals surface area (Å²) in [7, 11) is 3.71. The van der Waals surface area contributed by atoms with Crippen LogP contribution in [0.4, 0.5) is 16.2 Å². The van der Waals surface area contributed by atoms with Crippen molar-refractivity contribution in [2.45, 2.75) is 12.8 Å². The average Bonchev–Trinajstić information content (AvgIpc) is 2.47. The number of carbonyl (C=O) groups excluding carboxylic acids is 1. The summed E-state index contributed by atoms with van der Waals surface area (Å²) in [5.74, 6) is -1.14. The molecule has 6 nitrogen and oxygen atoms in total. The number of hydrogen-bond donors (Lipinski definition) is 2. The van der Waals surface area contributed by atoms with E-state index in [-0.39, 0.29) is 11.9 Å². The second-order valence-corrected chi connectivity index (χ2v) is 5.97. The van der Waals surface area contributed by atoms with Gasteiger partial charge in [0.15, 0.2) is 0 Å². The zero-order chi connectivity index (χ0) is 16.3. The van der Waals surface area contributed by atoms with E-state index in [1.807, 2.05) is 19.0 Å². The Labute approximate surface area is 134 Å². The van der Waals surface area contributed by atoms with Crippen LogP contribution in [0.25, 0.3) is 0 Å². The molecule has 120 valence electrons. The van der Waals surface area contributed by atoms with Crippen molar-refractivity contribution in [1.82, 2.24) is 4.90 Å². The lowest BCUT2D eigenvalue weighted by Crippen LogP contribution is -2.42. The molecule has 1 fully saturated rings. The predicted octanol–water partition coefficient (Wildman–Crippen LogP) is 2.73. The van der Waals surface area contributed by atoms with E-state index < -0.39 is 5.97 Å². The molecule has 2 N–H and O–H groups in total. The number of anilines is 2. The minimum absolute atomic E-state index is 0.228. The van der Waals surface area contributed by atoms with Crippen molar-refractivity contribution in [3.8, 4) is 0 Å². The molecule has 1 aliphatic heterocycles. The van der Waals surface area contributed by atoms with Crippen LogP contribution in [0.2, 0.25) is 5.02 Å². The van der Waals surface area contributed by atoms with Crippen LogP contribution in [0.3, 0.4) is 0 Å². The van der Waals surface area contributed by atoms with Crippen LogP contribution in [0.15, 0.2) is 18.2 Å². The number of urea groups is 1. The molecule has 22 heavy (non-hydrogen) atoms.